The van der Waals surface area contributed by atoms with Gasteiger partial charge in [0.05, 0.1) is 22.9 Å². The van der Waals surface area contributed by atoms with Gasteiger partial charge in [-0.15, -0.1) is 0 Å². The van der Waals surface area contributed by atoms with E-state index in [-0.39, 0.29) is 5.02 Å². The average molecular weight is 617 g/mol. The maximum atomic E-state index is 15.2. The number of fused-ring (bicyclic) bond motifs is 1. The van der Waals surface area contributed by atoms with Gasteiger partial charge in [-0.2, -0.15) is 4.98 Å². The standard InChI is InChI=1S/C35H42ClFN6O/c1-22(2)5-3-6-23-17-29(33(37)30(36)18-23)32-19-25-21-43(35(44)42-34(25)41-32)28-13-9-24(10-14-28)31-8-4-7-26(40-31)11-12-27-20-38-15-16-39-27/h9-10,13-14,17-19,21-22,26,31,38,40H,3-8,11-12,15-16,20H2,1-2H3,(H,41,42,44)/t26-,31-/m0/s1. The van der Waals surface area contributed by atoms with Gasteiger partial charge in [-0.3, -0.25) is 9.56 Å². The topological polar surface area (TPSA) is 87.1 Å². The van der Waals surface area contributed by atoms with Crippen LogP contribution in [0.15, 0.2) is 58.4 Å². The van der Waals surface area contributed by atoms with Gasteiger partial charge in [-0.1, -0.05) is 50.4 Å². The molecule has 4 aromatic rings. The minimum atomic E-state index is -0.477. The van der Waals surface area contributed by atoms with Gasteiger partial charge in [-0.25, -0.2) is 9.18 Å². The lowest BCUT2D eigenvalue weighted by molar-refractivity contribution is 0.314. The minimum Gasteiger partial charge on any atom is -0.339 e. The molecule has 0 aliphatic carbocycles. The number of rotatable bonds is 10. The van der Waals surface area contributed by atoms with Crippen LogP contribution in [0.4, 0.5) is 4.39 Å². The molecule has 2 aromatic heterocycles. The zero-order chi connectivity index (χ0) is 30.6. The molecule has 2 atom stereocenters. The van der Waals surface area contributed by atoms with E-state index in [1.165, 1.54) is 24.1 Å². The van der Waals surface area contributed by atoms with E-state index in [1.54, 1.807) is 16.8 Å². The number of aromatic amines is 1. The van der Waals surface area contributed by atoms with Crippen molar-refractivity contribution < 1.29 is 4.39 Å². The molecular weight excluding hydrogens is 575 g/mol. The van der Waals surface area contributed by atoms with E-state index >= 15 is 4.39 Å². The molecule has 1 saturated heterocycles. The number of aryl methyl sites for hydroxylation is 1. The van der Waals surface area contributed by atoms with Crippen molar-refractivity contribution in [1.29, 1.82) is 0 Å². The summed E-state index contributed by atoms with van der Waals surface area (Å²) < 4.78 is 16.7. The SMILES string of the molecule is CC(C)CCCc1cc(Cl)c(F)c(-c2cc3cn(-c4ccc([C@@H]5CCC[C@@H](CCC6=NCCNC6)N5)cc4)c(=O)nc3[nH]2)c1. The van der Waals surface area contributed by atoms with E-state index in [4.69, 9.17) is 11.6 Å². The second-order valence-corrected chi connectivity index (χ2v) is 13.1. The van der Waals surface area contributed by atoms with Gasteiger partial charge >= 0.3 is 5.69 Å². The highest BCUT2D eigenvalue weighted by Gasteiger charge is 2.23. The summed E-state index contributed by atoms with van der Waals surface area (Å²) in [6, 6.07) is 14.3. The Bertz CT molecular complexity index is 1690. The molecule has 2 aliphatic rings. The van der Waals surface area contributed by atoms with Crippen LogP contribution in [0.25, 0.3) is 28.0 Å². The summed E-state index contributed by atoms with van der Waals surface area (Å²) in [5.74, 6) is 0.135. The summed E-state index contributed by atoms with van der Waals surface area (Å²) >= 11 is 6.29. The molecular formula is C35H42ClFN6O. The number of H-pyrrole nitrogens is 1. The number of nitrogens with one attached hydrogen (secondary N) is 3. The molecule has 0 unspecified atom stereocenters. The molecule has 0 spiro atoms. The Labute approximate surface area is 263 Å². The maximum absolute atomic E-state index is 15.2. The molecule has 2 aromatic carbocycles. The fourth-order valence-corrected chi connectivity index (χ4v) is 6.73. The predicted molar refractivity (Wildman–Crippen MR) is 178 cm³/mol. The summed E-state index contributed by atoms with van der Waals surface area (Å²) in [6.45, 7) is 7.18. The molecule has 3 N–H and O–H groups in total. The molecule has 44 heavy (non-hydrogen) atoms. The van der Waals surface area contributed by atoms with Crippen molar-refractivity contribution in [3.63, 3.8) is 0 Å². The molecule has 6 rings (SSSR count). The zero-order valence-corrected chi connectivity index (χ0v) is 26.4. The first-order valence-corrected chi connectivity index (χ1v) is 16.4. The largest absolute Gasteiger partial charge is 0.354 e. The zero-order valence-electron chi connectivity index (χ0n) is 25.6. The number of benzene rings is 2. The van der Waals surface area contributed by atoms with Crippen LogP contribution < -0.4 is 16.3 Å². The third-order valence-corrected chi connectivity index (χ3v) is 9.20. The van der Waals surface area contributed by atoms with E-state index in [0.717, 1.165) is 74.8 Å². The van der Waals surface area contributed by atoms with Gasteiger partial charge in [0, 0.05) is 48.0 Å². The second-order valence-electron chi connectivity index (χ2n) is 12.7. The highest BCUT2D eigenvalue weighted by molar-refractivity contribution is 6.31. The summed E-state index contributed by atoms with van der Waals surface area (Å²) in [4.78, 5) is 25.2. The fraction of sp³-hybridized carbons (Fsp3) is 0.457. The Morgan fingerprint density at radius 2 is 1.95 bits per heavy atom. The van der Waals surface area contributed by atoms with Gasteiger partial charge in [-0.05, 0) is 85.9 Å². The van der Waals surface area contributed by atoms with Crippen LogP contribution >= 0.6 is 11.6 Å². The van der Waals surface area contributed by atoms with Crippen molar-refractivity contribution in [2.75, 3.05) is 19.6 Å². The minimum absolute atomic E-state index is 0.100. The molecule has 1 fully saturated rings. The normalized spacial score (nSPS) is 19.1. The molecule has 0 bridgehead atoms. The highest BCUT2D eigenvalue weighted by atomic mass is 35.5. The van der Waals surface area contributed by atoms with Crippen LogP contribution in [0.3, 0.4) is 0 Å². The van der Waals surface area contributed by atoms with Crippen molar-refractivity contribution >= 4 is 28.3 Å². The monoisotopic (exact) mass is 616 g/mol. The Hall–Kier alpha value is -3.33. The summed E-state index contributed by atoms with van der Waals surface area (Å²) in [6.07, 6.45) is 10.3. The van der Waals surface area contributed by atoms with Gasteiger partial charge < -0.3 is 15.6 Å². The van der Waals surface area contributed by atoms with E-state index in [1.807, 2.05) is 24.3 Å². The fourth-order valence-electron chi connectivity index (χ4n) is 6.49. The van der Waals surface area contributed by atoms with Crippen LogP contribution in [0.5, 0.6) is 0 Å². The first kappa shape index (κ1) is 30.7. The number of hydrogen-bond acceptors (Lipinski definition) is 5. The number of aromatic nitrogens is 3. The van der Waals surface area contributed by atoms with Crippen LogP contribution in [0.2, 0.25) is 5.02 Å². The molecule has 0 saturated carbocycles. The molecule has 232 valence electrons. The lowest BCUT2D eigenvalue weighted by Gasteiger charge is -2.32. The number of hydrogen-bond donors (Lipinski definition) is 3. The Balaban J connectivity index is 1.18. The van der Waals surface area contributed by atoms with Crippen molar-refractivity contribution in [3.8, 4) is 16.9 Å². The predicted octanol–water partition coefficient (Wildman–Crippen LogP) is 7.16. The molecule has 0 radical (unpaired) electrons. The van der Waals surface area contributed by atoms with Crippen molar-refractivity contribution in [2.45, 2.75) is 77.3 Å². The smallest absolute Gasteiger partial charge is 0.339 e. The van der Waals surface area contributed by atoms with Crippen molar-refractivity contribution in [1.82, 2.24) is 25.2 Å². The van der Waals surface area contributed by atoms with Crippen LogP contribution in [0, 0.1) is 11.7 Å². The van der Waals surface area contributed by atoms with E-state index < -0.39 is 11.5 Å². The van der Waals surface area contributed by atoms with E-state index in [0.29, 0.717) is 34.9 Å². The summed E-state index contributed by atoms with van der Waals surface area (Å²) in [5, 5.41) is 8.08. The first-order chi connectivity index (χ1) is 21.3. The van der Waals surface area contributed by atoms with Gasteiger partial charge in [0.1, 0.15) is 5.65 Å². The molecule has 4 heterocycles. The average Bonchev–Trinajstić information content (AvgIpc) is 3.44. The van der Waals surface area contributed by atoms with Crippen LogP contribution in [-0.2, 0) is 6.42 Å². The summed E-state index contributed by atoms with van der Waals surface area (Å²) in [5.41, 5.74) is 5.22. The van der Waals surface area contributed by atoms with Crippen molar-refractivity contribution in [3.05, 3.63) is 81.1 Å². The third kappa shape index (κ3) is 7.14. The molecule has 7 nitrogen and oxygen atoms in total. The first-order valence-electron chi connectivity index (χ1n) is 16.0. The van der Waals surface area contributed by atoms with Crippen LogP contribution in [-0.4, -0.2) is 45.9 Å². The van der Waals surface area contributed by atoms with Crippen molar-refractivity contribution in [2.24, 2.45) is 10.9 Å². The van der Waals surface area contributed by atoms with E-state index in [2.05, 4.69) is 51.6 Å². The van der Waals surface area contributed by atoms with E-state index in [9.17, 15) is 4.79 Å². The Morgan fingerprint density at radius 1 is 1.11 bits per heavy atom. The lowest BCUT2D eigenvalue weighted by Crippen LogP contribution is -2.38. The lowest BCUT2D eigenvalue weighted by atomic mass is 9.91. The second kappa shape index (κ2) is 13.8. The molecule has 0 amide bonds. The number of halogens is 2. The van der Waals surface area contributed by atoms with Gasteiger partial charge in [0.15, 0.2) is 5.82 Å². The third-order valence-electron chi connectivity index (χ3n) is 8.92. The number of aliphatic imine (C=N–C) groups is 1. The van der Waals surface area contributed by atoms with Gasteiger partial charge in [0.2, 0.25) is 0 Å². The number of piperidine rings is 1. The number of nitrogens with zero attached hydrogens (tertiary/aromatic N) is 3. The molecule has 9 heteroatoms. The quantitative estimate of drug-likeness (QED) is 0.176. The van der Waals surface area contributed by atoms with Crippen LogP contribution in [0.1, 0.15) is 76.0 Å². The Kier molecular flexibility index (Phi) is 9.59. The van der Waals surface area contributed by atoms with Gasteiger partial charge in [0.25, 0.3) is 0 Å². The maximum Gasteiger partial charge on any atom is 0.354 e. The molecule has 2 aliphatic heterocycles. The highest BCUT2D eigenvalue weighted by Crippen LogP contribution is 2.32. The Morgan fingerprint density at radius 3 is 2.73 bits per heavy atom. The summed E-state index contributed by atoms with van der Waals surface area (Å²) in [7, 11) is 0.